The van der Waals surface area contributed by atoms with Gasteiger partial charge in [0, 0.05) is 56.4 Å². The third-order valence-electron chi connectivity index (χ3n) is 4.44. The number of hydrogen-bond acceptors (Lipinski definition) is 5. The van der Waals surface area contributed by atoms with Gasteiger partial charge in [-0.15, -0.1) is 11.3 Å². The SMILES string of the molecule is CN=C(NCCc1ccccn1)NCC(c1cccs1)N1CCOCC1. The van der Waals surface area contributed by atoms with E-state index in [1.807, 2.05) is 42.8 Å². The summed E-state index contributed by atoms with van der Waals surface area (Å²) in [4.78, 5) is 12.6. The van der Waals surface area contributed by atoms with Crippen molar-refractivity contribution in [3.8, 4) is 0 Å². The summed E-state index contributed by atoms with van der Waals surface area (Å²) < 4.78 is 5.51. The highest BCUT2D eigenvalue weighted by Crippen LogP contribution is 2.25. The number of aliphatic imine (C=N–C) groups is 1. The maximum absolute atomic E-state index is 5.51. The average Bonchev–Trinajstić information content (AvgIpc) is 3.23. The quantitative estimate of drug-likeness (QED) is 0.574. The van der Waals surface area contributed by atoms with Crippen molar-refractivity contribution < 1.29 is 4.74 Å². The van der Waals surface area contributed by atoms with Gasteiger partial charge >= 0.3 is 0 Å². The van der Waals surface area contributed by atoms with Crippen LogP contribution in [-0.4, -0.2) is 62.3 Å². The second-order valence-corrected chi connectivity index (χ2v) is 7.11. The van der Waals surface area contributed by atoms with Crippen molar-refractivity contribution in [2.24, 2.45) is 4.99 Å². The predicted octanol–water partition coefficient (Wildman–Crippen LogP) is 1.92. The Labute approximate surface area is 159 Å². The Kier molecular flexibility index (Phi) is 7.42. The molecule has 140 valence electrons. The number of thiophene rings is 1. The van der Waals surface area contributed by atoms with Crippen LogP contribution in [0.1, 0.15) is 16.6 Å². The Bertz CT molecular complexity index is 656. The fourth-order valence-electron chi connectivity index (χ4n) is 3.05. The fourth-order valence-corrected chi connectivity index (χ4v) is 3.91. The van der Waals surface area contributed by atoms with Crippen molar-refractivity contribution in [3.63, 3.8) is 0 Å². The summed E-state index contributed by atoms with van der Waals surface area (Å²) in [5.41, 5.74) is 1.08. The van der Waals surface area contributed by atoms with Gasteiger partial charge < -0.3 is 15.4 Å². The van der Waals surface area contributed by atoms with Crippen LogP contribution in [0.25, 0.3) is 0 Å². The number of aromatic nitrogens is 1. The highest BCUT2D eigenvalue weighted by atomic mass is 32.1. The lowest BCUT2D eigenvalue weighted by molar-refractivity contribution is 0.0177. The smallest absolute Gasteiger partial charge is 0.191 e. The lowest BCUT2D eigenvalue weighted by Gasteiger charge is -2.34. The van der Waals surface area contributed by atoms with E-state index in [-0.39, 0.29) is 0 Å². The molecular weight excluding hydrogens is 346 g/mol. The standard InChI is InChI=1S/C19H27N5OS/c1-20-19(22-9-7-16-5-2-3-8-21-16)23-15-17(18-6-4-14-26-18)24-10-12-25-13-11-24/h2-6,8,14,17H,7,9-13,15H2,1H3,(H2,20,22,23). The van der Waals surface area contributed by atoms with Crippen molar-refractivity contribution >= 4 is 17.3 Å². The first-order valence-corrected chi connectivity index (χ1v) is 9.94. The number of morpholine rings is 1. The molecule has 2 aromatic heterocycles. The lowest BCUT2D eigenvalue weighted by atomic mass is 10.2. The van der Waals surface area contributed by atoms with Gasteiger partial charge in [0.25, 0.3) is 0 Å². The maximum Gasteiger partial charge on any atom is 0.191 e. The van der Waals surface area contributed by atoms with Crippen molar-refractivity contribution in [2.45, 2.75) is 12.5 Å². The van der Waals surface area contributed by atoms with E-state index in [0.717, 1.165) is 57.5 Å². The van der Waals surface area contributed by atoms with Gasteiger partial charge in [-0.2, -0.15) is 0 Å². The van der Waals surface area contributed by atoms with Crippen molar-refractivity contribution in [1.82, 2.24) is 20.5 Å². The molecule has 1 unspecified atom stereocenters. The van der Waals surface area contributed by atoms with Gasteiger partial charge in [0.2, 0.25) is 0 Å². The largest absolute Gasteiger partial charge is 0.379 e. The van der Waals surface area contributed by atoms with Crippen molar-refractivity contribution in [2.75, 3.05) is 46.4 Å². The minimum Gasteiger partial charge on any atom is -0.379 e. The van der Waals surface area contributed by atoms with Crippen LogP contribution in [-0.2, 0) is 11.2 Å². The van der Waals surface area contributed by atoms with E-state index in [0.29, 0.717) is 6.04 Å². The molecule has 6 nitrogen and oxygen atoms in total. The molecule has 0 radical (unpaired) electrons. The number of guanidine groups is 1. The number of rotatable bonds is 7. The number of ether oxygens (including phenoxy) is 1. The van der Waals surface area contributed by atoms with E-state index in [1.54, 1.807) is 0 Å². The summed E-state index contributed by atoms with van der Waals surface area (Å²) in [6.07, 6.45) is 2.70. The third kappa shape index (κ3) is 5.52. The van der Waals surface area contributed by atoms with Crippen LogP contribution in [0.15, 0.2) is 46.9 Å². The van der Waals surface area contributed by atoms with Crippen LogP contribution >= 0.6 is 11.3 Å². The second-order valence-electron chi connectivity index (χ2n) is 6.13. The monoisotopic (exact) mass is 373 g/mol. The summed E-state index contributed by atoms with van der Waals surface area (Å²) >= 11 is 1.81. The van der Waals surface area contributed by atoms with E-state index in [2.05, 4.69) is 43.0 Å². The molecule has 1 aliphatic rings. The Balaban J connectivity index is 1.51. The molecule has 2 N–H and O–H groups in total. The minimum absolute atomic E-state index is 0.341. The third-order valence-corrected chi connectivity index (χ3v) is 5.42. The zero-order valence-electron chi connectivity index (χ0n) is 15.2. The number of nitrogens with one attached hydrogen (secondary N) is 2. The first-order chi connectivity index (χ1) is 12.9. The van der Waals surface area contributed by atoms with Crippen LogP contribution in [0.2, 0.25) is 0 Å². The summed E-state index contributed by atoms with van der Waals surface area (Å²) in [7, 11) is 1.81. The van der Waals surface area contributed by atoms with E-state index in [4.69, 9.17) is 4.74 Å². The molecule has 0 aromatic carbocycles. The Morgan fingerprint density at radius 3 is 2.85 bits per heavy atom. The first-order valence-electron chi connectivity index (χ1n) is 9.06. The van der Waals surface area contributed by atoms with Crippen molar-refractivity contribution in [3.05, 3.63) is 52.5 Å². The Hall–Kier alpha value is -1.96. The molecule has 1 saturated heterocycles. The van der Waals surface area contributed by atoms with Crippen LogP contribution in [0, 0.1) is 0 Å². The second kappa shape index (κ2) is 10.3. The summed E-state index contributed by atoms with van der Waals surface area (Å²) in [5, 5.41) is 9.01. The Morgan fingerprint density at radius 2 is 2.15 bits per heavy atom. The summed E-state index contributed by atoms with van der Waals surface area (Å²) in [5.74, 6) is 0.829. The molecule has 0 amide bonds. The van der Waals surface area contributed by atoms with Crippen LogP contribution in [0.3, 0.4) is 0 Å². The molecule has 26 heavy (non-hydrogen) atoms. The van der Waals surface area contributed by atoms with E-state index >= 15 is 0 Å². The topological polar surface area (TPSA) is 61.8 Å². The highest BCUT2D eigenvalue weighted by molar-refractivity contribution is 7.10. The fraction of sp³-hybridized carbons (Fsp3) is 0.474. The van der Waals surface area contributed by atoms with Gasteiger partial charge in [-0.3, -0.25) is 14.9 Å². The molecule has 7 heteroatoms. The molecule has 1 atom stereocenters. The van der Waals surface area contributed by atoms with Gasteiger partial charge in [0.05, 0.1) is 19.3 Å². The summed E-state index contributed by atoms with van der Waals surface area (Å²) in [6.45, 7) is 5.17. The first kappa shape index (κ1) is 18.8. The highest BCUT2D eigenvalue weighted by Gasteiger charge is 2.23. The molecule has 1 fully saturated rings. The molecule has 0 aliphatic carbocycles. The predicted molar refractivity (Wildman–Crippen MR) is 107 cm³/mol. The minimum atomic E-state index is 0.341. The van der Waals surface area contributed by atoms with Crippen molar-refractivity contribution in [1.29, 1.82) is 0 Å². The number of hydrogen-bond donors (Lipinski definition) is 2. The zero-order chi connectivity index (χ0) is 18.0. The molecule has 0 spiro atoms. The maximum atomic E-state index is 5.51. The van der Waals surface area contributed by atoms with Gasteiger partial charge in [0.1, 0.15) is 0 Å². The molecule has 0 saturated carbocycles. The lowest BCUT2D eigenvalue weighted by Crippen LogP contribution is -2.46. The molecule has 2 aromatic rings. The van der Waals surface area contributed by atoms with E-state index < -0.39 is 0 Å². The van der Waals surface area contributed by atoms with Crippen LogP contribution in [0.4, 0.5) is 0 Å². The average molecular weight is 374 g/mol. The van der Waals surface area contributed by atoms with Gasteiger partial charge in [-0.05, 0) is 23.6 Å². The zero-order valence-corrected chi connectivity index (χ0v) is 16.0. The molecule has 1 aliphatic heterocycles. The number of pyridine rings is 1. The molecule has 3 rings (SSSR count). The van der Waals surface area contributed by atoms with E-state index in [9.17, 15) is 0 Å². The normalized spacial score (nSPS) is 17.0. The van der Waals surface area contributed by atoms with Gasteiger partial charge in [-0.1, -0.05) is 12.1 Å². The molecule has 3 heterocycles. The Morgan fingerprint density at radius 1 is 1.27 bits per heavy atom. The van der Waals surface area contributed by atoms with E-state index in [1.165, 1.54) is 4.88 Å². The molecule has 0 bridgehead atoms. The summed E-state index contributed by atoms with van der Waals surface area (Å²) in [6, 6.07) is 10.7. The van der Waals surface area contributed by atoms with Gasteiger partial charge in [-0.25, -0.2) is 0 Å². The number of nitrogens with zero attached hydrogens (tertiary/aromatic N) is 3. The van der Waals surface area contributed by atoms with Crippen LogP contribution < -0.4 is 10.6 Å². The van der Waals surface area contributed by atoms with Gasteiger partial charge in [0.15, 0.2) is 5.96 Å². The molecular formula is C19H27N5OS. The van der Waals surface area contributed by atoms with Crippen LogP contribution in [0.5, 0.6) is 0 Å².